The van der Waals surface area contributed by atoms with E-state index in [1.165, 1.54) is 10.9 Å². The highest BCUT2D eigenvalue weighted by Gasteiger charge is 2.34. The van der Waals surface area contributed by atoms with Crippen LogP contribution in [0.3, 0.4) is 0 Å². The Balaban J connectivity index is 1.46. The molecule has 25 heavy (non-hydrogen) atoms. The smallest absolute Gasteiger partial charge is 0.323 e. The van der Waals surface area contributed by atoms with Gasteiger partial charge in [-0.15, -0.1) is 5.10 Å². The standard InChI is InChI=1S/C17H21FN6O/c1-11-4-3-5-13(18)15(11)23-8-6-12(7-9-23)24-10-14-16(19-17(24)25)21-22(2)20-14/h3-5,12H,6-10H2,1-2H3,(H,19,21,25). The number of nitrogens with one attached hydrogen (secondary N) is 1. The third-order valence-electron chi connectivity index (χ3n) is 5.00. The number of nitrogens with zero attached hydrogens (tertiary/aromatic N) is 5. The van der Waals surface area contributed by atoms with E-state index in [1.54, 1.807) is 13.1 Å². The zero-order valence-electron chi connectivity index (χ0n) is 14.4. The van der Waals surface area contributed by atoms with Gasteiger partial charge in [-0.1, -0.05) is 12.1 Å². The molecule has 0 unspecified atom stereocenters. The summed E-state index contributed by atoms with van der Waals surface area (Å²) in [6.07, 6.45) is 1.60. The van der Waals surface area contributed by atoms with Crippen LogP contribution in [0.2, 0.25) is 0 Å². The summed E-state index contributed by atoms with van der Waals surface area (Å²) in [6, 6.07) is 5.16. The van der Waals surface area contributed by atoms with Crippen molar-refractivity contribution >= 4 is 17.5 Å². The highest BCUT2D eigenvalue weighted by Crippen LogP contribution is 2.30. The number of fused-ring (bicyclic) bond motifs is 1. The molecule has 1 saturated heterocycles. The van der Waals surface area contributed by atoms with E-state index in [2.05, 4.69) is 20.4 Å². The first-order valence-electron chi connectivity index (χ1n) is 8.51. The molecule has 0 spiro atoms. The molecule has 0 bridgehead atoms. The Labute approximate surface area is 145 Å². The number of anilines is 2. The van der Waals surface area contributed by atoms with Gasteiger partial charge in [0.15, 0.2) is 5.82 Å². The number of carbonyl (C=O) groups excluding carboxylic acids is 1. The molecule has 1 aromatic heterocycles. The van der Waals surface area contributed by atoms with Crippen LogP contribution < -0.4 is 10.2 Å². The summed E-state index contributed by atoms with van der Waals surface area (Å²) in [4.78, 5) is 17.8. The van der Waals surface area contributed by atoms with Crippen molar-refractivity contribution in [1.29, 1.82) is 0 Å². The van der Waals surface area contributed by atoms with Crippen molar-refractivity contribution in [2.75, 3.05) is 23.3 Å². The number of hydrogen-bond acceptors (Lipinski definition) is 4. The Morgan fingerprint density at radius 2 is 2.00 bits per heavy atom. The number of aromatic nitrogens is 3. The van der Waals surface area contributed by atoms with Crippen molar-refractivity contribution in [1.82, 2.24) is 19.9 Å². The van der Waals surface area contributed by atoms with Gasteiger partial charge in [0, 0.05) is 26.2 Å². The van der Waals surface area contributed by atoms with Crippen molar-refractivity contribution < 1.29 is 9.18 Å². The van der Waals surface area contributed by atoms with Gasteiger partial charge in [-0.05, 0) is 31.4 Å². The molecule has 132 valence electrons. The number of benzene rings is 1. The van der Waals surface area contributed by atoms with Gasteiger partial charge in [-0.2, -0.15) is 9.90 Å². The molecule has 1 aromatic carbocycles. The molecule has 1 fully saturated rings. The number of piperidine rings is 1. The highest BCUT2D eigenvalue weighted by molar-refractivity contribution is 5.90. The van der Waals surface area contributed by atoms with E-state index in [1.807, 2.05) is 17.9 Å². The van der Waals surface area contributed by atoms with Crippen LogP contribution in [0.1, 0.15) is 24.1 Å². The average Bonchev–Trinajstić information content (AvgIpc) is 2.93. The maximum atomic E-state index is 14.2. The molecular formula is C17H21FN6O. The summed E-state index contributed by atoms with van der Waals surface area (Å²) in [5.74, 6) is 0.363. The normalized spacial score (nSPS) is 18.3. The molecule has 2 aliphatic rings. The molecule has 1 N–H and O–H groups in total. The zero-order valence-corrected chi connectivity index (χ0v) is 14.4. The minimum absolute atomic E-state index is 0.124. The lowest BCUT2D eigenvalue weighted by molar-refractivity contribution is 0.166. The molecule has 0 radical (unpaired) electrons. The third-order valence-corrected chi connectivity index (χ3v) is 5.00. The Bertz CT molecular complexity index is 791. The van der Waals surface area contributed by atoms with Gasteiger partial charge in [0.1, 0.15) is 11.5 Å². The summed E-state index contributed by atoms with van der Waals surface area (Å²) in [5, 5.41) is 11.3. The second-order valence-electron chi connectivity index (χ2n) is 6.67. The van der Waals surface area contributed by atoms with E-state index < -0.39 is 0 Å². The lowest BCUT2D eigenvalue weighted by atomic mass is 10.0. The molecule has 7 nitrogen and oxygen atoms in total. The summed E-state index contributed by atoms with van der Waals surface area (Å²) in [5.41, 5.74) is 2.41. The van der Waals surface area contributed by atoms with Crippen molar-refractivity contribution in [2.24, 2.45) is 7.05 Å². The third kappa shape index (κ3) is 2.81. The summed E-state index contributed by atoms with van der Waals surface area (Å²) in [6.45, 7) is 3.85. The van der Waals surface area contributed by atoms with Crippen molar-refractivity contribution in [3.8, 4) is 0 Å². The number of hydrogen-bond donors (Lipinski definition) is 1. The topological polar surface area (TPSA) is 66.3 Å². The van der Waals surface area contributed by atoms with Crippen molar-refractivity contribution in [2.45, 2.75) is 32.4 Å². The highest BCUT2D eigenvalue weighted by atomic mass is 19.1. The van der Waals surface area contributed by atoms with Gasteiger partial charge < -0.3 is 9.80 Å². The number of urea groups is 1. The van der Waals surface area contributed by atoms with E-state index in [-0.39, 0.29) is 17.9 Å². The molecule has 8 heteroatoms. The van der Waals surface area contributed by atoms with E-state index in [0.717, 1.165) is 37.2 Å². The first kappa shape index (κ1) is 15.9. The van der Waals surface area contributed by atoms with Crippen LogP contribution in [-0.2, 0) is 13.6 Å². The maximum Gasteiger partial charge on any atom is 0.323 e. The van der Waals surface area contributed by atoms with Gasteiger partial charge in [0.25, 0.3) is 0 Å². The Morgan fingerprint density at radius 1 is 1.24 bits per heavy atom. The largest absolute Gasteiger partial charge is 0.369 e. The lowest BCUT2D eigenvalue weighted by Crippen LogP contribution is -2.50. The number of rotatable bonds is 2. The molecule has 2 amide bonds. The first-order valence-corrected chi connectivity index (χ1v) is 8.51. The lowest BCUT2D eigenvalue weighted by Gasteiger charge is -2.40. The monoisotopic (exact) mass is 344 g/mol. The van der Waals surface area contributed by atoms with Crippen molar-refractivity contribution in [3.63, 3.8) is 0 Å². The Hall–Kier alpha value is -2.64. The van der Waals surface area contributed by atoms with Gasteiger partial charge in [0.2, 0.25) is 0 Å². The van der Waals surface area contributed by atoms with Crippen LogP contribution in [0.15, 0.2) is 18.2 Å². The molecular weight excluding hydrogens is 323 g/mol. The Kier molecular flexibility index (Phi) is 3.82. The van der Waals surface area contributed by atoms with E-state index in [4.69, 9.17) is 0 Å². The summed E-state index contributed by atoms with van der Waals surface area (Å²) >= 11 is 0. The number of para-hydroxylation sites is 1. The quantitative estimate of drug-likeness (QED) is 0.908. The van der Waals surface area contributed by atoms with E-state index >= 15 is 0 Å². The predicted molar refractivity (Wildman–Crippen MR) is 91.9 cm³/mol. The molecule has 2 aromatic rings. The van der Waals surface area contributed by atoms with E-state index in [0.29, 0.717) is 18.1 Å². The number of halogens is 1. The second kappa shape index (κ2) is 6.02. The second-order valence-corrected chi connectivity index (χ2v) is 6.67. The van der Waals surface area contributed by atoms with Crippen LogP contribution >= 0.6 is 0 Å². The van der Waals surface area contributed by atoms with Crippen LogP contribution in [0.4, 0.5) is 20.7 Å². The molecule has 0 atom stereocenters. The van der Waals surface area contributed by atoms with Gasteiger partial charge in [0.05, 0.1) is 12.2 Å². The van der Waals surface area contributed by atoms with Crippen LogP contribution in [0.25, 0.3) is 0 Å². The zero-order chi connectivity index (χ0) is 17.6. The summed E-state index contributed by atoms with van der Waals surface area (Å²) < 4.78 is 14.2. The SMILES string of the molecule is Cc1cccc(F)c1N1CCC(N2Cc3nn(C)nc3NC2=O)CC1. The molecule has 0 saturated carbocycles. The van der Waals surface area contributed by atoms with Crippen LogP contribution in [0, 0.1) is 12.7 Å². The number of carbonyl (C=O) groups is 1. The molecule has 4 rings (SSSR count). The molecule has 2 aliphatic heterocycles. The van der Waals surface area contributed by atoms with Gasteiger partial charge in [-0.3, -0.25) is 5.32 Å². The molecule has 3 heterocycles. The fourth-order valence-electron chi connectivity index (χ4n) is 3.78. The minimum atomic E-state index is -0.182. The fourth-order valence-corrected chi connectivity index (χ4v) is 3.78. The predicted octanol–water partition coefficient (Wildman–Crippen LogP) is 2.28. The number of aryl methyl sites for hydroxylation is 2. The maximum absolute atomic E-state index is 14.2. The Morgan fingerprint density at radius 3 is 2.72 bits per heavy atom. The minimum Gasteiger partial charge on any atom is -0.369 e. The molecule has 0 aliphatic carbocycles. The van der Waals surface area contributed by atoms with Crippen LogP contribution in [-0.4, -0.2) is 45.1 Å². The first-order chi connectivity index (χ1) is 12.0. The average molecular weight is 344 g/mol. The van der Waals surface area contributed by atoms with Crippen molar-refractivity contribution in [3.05, 3.63) is 35.3 Å². The van der Waals surface area contributed by atoms with E-state index in [9.17, 15) is 9.18 Å². The number of amides is 2. The summed E-state index contributed by atoms with van der Waals surface area (Å²) in [7, 11) is 1.74. The fraction of sp³-hybridized carbons (Fsp3) is 0.471. The van der Waals surface area contributed by atoms with Gasteiger partial charge >= 0.3 is 6.03 Å². The van der Waals surface area contributed by atoms with Gasteiger partial charge in [-0.25, -0.2) is 9.18 Å². The van der Waals surface area contributed by atoms with Crippen LogP contribution in [0.5, 0.6) is 0 Å².